The molecule has 70 valence electrons. The van der Waals surface area contributed by atoms with Crippen LogP contribution in [0.5, 0.6) is 0 Å². The second-order valence-corrected chi connectivity index (χ2v) is 4.30. The minimum absolute atomic E-state index is 0. The van der Waals surface area contributed by atoms with Gasteiger partial charge in [-0.2, -0.15) is 0 Å². The molecule has 0 fully saturated rings. The molecule has 0 aromatic heterocycles. The number of alkyl halides is 1. The number of halogens is 2. The Morgan fingerprint density at radius 3 is 1.64 bits per heavy atom. The van der Waals surface area contributed by atoms with E-state index in [0.717, 1.165) is 10.4 Å². The summed E-state index contributed by atoms with van der Waals surface area (Å²) in [5, 5.41) is 0. The van der Waals surface area contributed by atoms with Crippen LogP contribution in [0, 0.1) is 5.92 Å². The lowest BCUT2D eigenvalue weighted by atomic mass is 10.0. The molecule has 0 aromatic carbocycles. The fraction of sp³-hybridized carbons (Fsp3) is 1.00. The van der Waals surface area contributed by atoms with Crippen LogP contribution in [0.25, 0.3) is 0 Å². The summed E-state index contributed by atoms with van der Waals surface area (Å²) in [5.74, 6) is 1.36. The lowest BCUT2D eigenvalue weighted by molar-refractivity contribution is -0.897. The fourth-order valence-electron chi connectivity index (χ4n) is 0.892. The fourth-order valence-corrected chi connectivity index (χ4v) is 1.15. The Bertz CT molecular complexity index is 98.8. The molecule has 0 N–H and O–H groups in total. The summed E-state index contributed by atoms with van der Waals surface area (Å²) in [7, 11) is 6.61. The van der Waals surface area contributed by atoms with Crippen molar-refractivity contribution in [2.75, 3.05) is 27.0 Å². The maximum atomic E-state index is 5.74. The van der Waals surface area contributed by atoms with Crippen molar-refractivity contribution >= 4 is 11.6 Å². The molecule has 0 aliphatic heterocycles. The van der Waals surface area contributed by atoms with Crippen LogP contribution in [0.2, 0.25) is 0 Å². The van der Waals surface area contributed by atoms with Gasteiger partial charge in [0.1, 0.15) is 0 Å². The van der Waals surface area contributed by atoms with E-state index in [-0.39, 0.29) is 12.4 Å². The molecule has 11 heavy (non-hydrogen) atoms. The average molecular weight is 200 g/mol. The zero-order valence-electron chi connectivity index (χ0n) is 8.06. The Hall–Kier alpha value is 0.540. The minimum atomic E-state index is 0. The zero-order chi connectivity index (χ0) is 8.36. The van der Waals surface area contributed by atoms with Crippen LogP contribution in [-0.2, 0) is 0 Å². The van der Waals surface area contributed by atoms with Gasteiger partial charge >= 0.3 is 0 Å². The van der Waals surface area contributed by atoms with Crippen molar-refractivity contribution in [3.63, 3.8) is 0 Å². The van der Waals surface area contributed by atoms with Crippen LogP contribution in [0.4, 0.5) is 0 Å². The molecule has 0 amide bonds. The van der Waals surface area contributed by atoms with Crippen molar-refractivity contribution in [3.05, 3.63) is 0 Å². The summed E-state index contributed by atoms with van der Waals surface area (Å²) in [4.78, 5) is 0. The van der Waals surface area contributed by atoms with E-state index in [2.05, 4.69) is 35.0 Å². The van der Waals surface area contributed by atoms with Crippen molar-refractivity contribution in [3.8, 4) is 0 Å². The van der Waals surface area contributed by atoms with Crippen LogP contribution in [-0.4, -0.2) is 37.5 Å². The molecule has 0 spiro atoms. The van der Waals surface area contributed by atoms with Crippen molar-refractivity contribution < 1.29 is 16.9 Å². The second kappa shape index (κ2) is 5.23. The van der Waals surface area contributed by atoms with Gasteiger partial charge in [0.05, 0.1) is 27.2 Å². The van der Waals surface area contributed by atoms with E-state index in [9.17, 15) is 0 Å². The first-order valence-electron chi connectivity index (χ1n) is 3.76. The lowest BCUT2D eigenvalue weighted by Gasteiger charge is -2.34. The Kier molecular flexibility index (Phi) is 6.70. The van der Waals surface area contributed by atoms with Crippen molar-refractivity contribution in [1.29, 1.82) is 0 Å². The van der Waals surface area contributed by atoms with Crippen molar-refractivity contribution in [2.45, 2.75) is 19.9 Å². The van der Waals surface area contributed by atoms with Crippen LogP contribution < -0.4 is 12.4 Å². The number of quaternary nitrogens is 1. The third kappa shape index (κ3) is 4.89. The molecule has 0 radical (unpaired) electrons. The number of hydrogen-bond acceptors (Lipinski definition) is 0. The standard InChI is InChI=1S/C8H19ClN.ClH/c1-7(6-9)8(2)10(3,4)5;/h7-8H,6H2,1-5H3;1H/q+1;/p-1. The molecule has 2 unspecified atom stereocenters. The van der Waals surface area contributed by atoms with E-state index in [1.54, 1.807) is 0 Å². The molecule has 0 saturated heterocycles. The first-order chi connectivity index (χ1) is 4.39. The van der Waals surface area contributed by atoms with Crippen molar-refractivity contribution in [2.24, 2.45) is 5.92 Å². The molecule has 0 aliphatic carbocycles. The molecule has 0 bridgehead atoms. The normalized spacial score (nSPS) is 16.9. The Labute approximate surface area is 81.7 Å². The zero-order valence-corrected chi connectivity index (χ0v) is 9.58. The highest BCUT2D eigenvalue weighted by Crippen LogP contribution is 2.13. The van der Waals surface area contributed by atoms with Gasteiger partial charge in [-0.15, -0.1) is 11.6 Å². The summed E-state index contributed by atoms with van der Waals surface area (Å²) in [6.07, 6.45) is 0. The predicted octanol–water partition coefficient (Wildman–Crippen LogP) is -1.04. The van der Waals surface area contributed by atoms with E-state index in [1.165, 1.54) is 0 Å². The highest BCUT2D eigenvalue weighted by molar-refractivity contribution is 6.18. The van der Waals surface area contributed by atoms with Gasteiger partial charge in [0.2, 0.25) is 0 Å². The summed E-state index contributed by atoms with van der Waals surface area (Å²) in [5.41, 5.74) is 0. The average Bonchev–Trinajstić information content (AvgIpc) is 1.83. The van der Waals surface area contributed by atoms with Crippen LogP contribution in [0.1, 0.15) is 13.8 Å². The largest absolute Gasteiger partial charge is 1.00 e. The Balaban J connectivity index is 0. The molecule has 0 saturated carbocycles. The van der Waals surface area contributed by atoms with E-state index in [1.807, 2.05) is 0 Å². The lowest BCUT2D eigenvalue weighted by Crippen LogP contribution is -3.00. The van der Waals surface area contributed by atoms with Crippen molar-refractivity contribution in [1.82, 2.24) is 0 Å². The Morgan fingerprint density at radius 1 is 1.18 bits per heavy atom. The molecule has 0 heterocycles. The monoisotopic (exact) mass is 199 g/mol. The topological polar surface area (TPSA) is 0 Å². The molecular weight excluding hydrogens is 181 g/mol. The smallest absolute Gasteiger partial charge is 0.0892 e. The molecule has 2 atom stereocenters. The van der Waals surface area contributed by atoms with E-state index in [0.29, 0.717) is 12.0 Å². The van der Waals surface area contributed by atoms with Gasteiger partial charge in [0, 0.05) is 11.8 Å². The molecule has 1 nitrogen and oxygen atoms in total. The highest BCUT2D eigenvalue weighted by atomic mass is 35.5. The van der Waals surface area contributed by atoms with E-state index < -0.39 is 0 Å². The molecule has 0 rings (SSSR count). The number of nitrogens with zero attached hydrogens (tertiary/aromatic N) is 1. The van der Waals surface area contributed by atoms with Gasteiger partial charge in [0.15, 0.2) is 0 Å². The third-order valence-corrected chi connectivity index (χ3v) is 2.78. The Morgan fingerprint density at radius 2 is 1.55 bits per heavy atom. The first kappa shape index (κ1) is 14.1. The minimum Gasteiger partial charge on any atom is -1.00 e. The maximum absolute atomic E-state index is 5.74. The van der Waals surface area contributed by atoms with Crippen LogP contribution in [0.15, 0.2) is 0 Å². The molecule has 0 aromatic rings. The molecule has 3 heteroatoms. The SMILES string of the molecule is CC(CCl)C(C)[N+](C)(C)C.[Cl-]. The van der Waals surface area contributed by atoms with E-state index in [4.69, 9.17) is 11.6 Å². The number of hydrogen-bond donors (Lipinski definition) is 0. The maximum Gasteiger partial charge on any atom is 0.0892 e. The van der Waals surface area contributed by atoms with Gasteiger partial charge in [-0.3, -0.25) is 0 Å². The van der Waals surface area contributed by atoms with Gasteiger partial charge in [-0.05, 0) is 6.92 Å². The summed E-state index contributed by atoms with van der Waals surface area (Å²) >= 11 is 5.74. The van der Waals surface area contributed by atoms with Gasteiger partial charge < -0.3 is 16.9 Å². The first-order valence-corrected chi connectivity index (χ1v) is 4.30. The number of rotatable bonds is 3. The van der Waals surface area contributed by atoms with Gasteiger partial charge in [-0.1, -0.05) is 6.92 Å². The summed E-state index contributed by atoms with van der Waals surface area (Å²) in [6.45, 7) is 4.44. The highest BCUT2D eigenvalue weighted by Gasteiger charge is 2.23. The summed E-state index contributed by atoms with van der Waals surface area (Å²) in [6, 6.07) is 0.637. The molecule has 0 aliphatic rings. The second-order valence-electron chi connectivity index (χ2n) is 3.99. The van der Waals surface area contributed by atoms with Gasteiger partial charge in [0.25, 0.3) is 0 Å². The summed E-state index contributed by atoms with van der Waals surface area (Å²) < 4.78 is 0.994. The van der Waals surface area contributed by atoms with Gasteiger partial charge in [-0.25, -0.2) is 0 Å². The van der Waals surface area contributed by atoms with Crippen LogP contribution in [0.3, 0.4) is 0 Å². The van der Waals surface area contributed by atoms with Crippen LogP contribution >= 0.6 is 11.6 Å². The predicted molar refractivity (Wildman–Crippen MR) is 47.4 cm³/mol. The van der Waals surface area contributed by atoms with E-state index >= 15 is 0 Å². The third-order valence-electron chi connectivity index (χ3n) is 2.29. The molecular formula is C8H19Cl2N. The quantitative estimate of drug-likeness (QED) is 0.403.